The maximum atomic E-state index is 11.6. The lowest BCUT2D eigenvalue weighted by molar-refractivity contribution is -0.111. The second-order valence-corrected chi connectivity index (χ2v) is 3.47. The van der Waals surface area contributed by atoms with Gasteiger partial charge >= 0.3 is 0 Å². The molecular weight excluding hydrogens is 160 g/mol. The highest BCUT2D eigenvalue weighted by Crippen LogP contribution is 2.10. The van der Waals surface area contributed by atoms with Crippen LogP contribution < -0.4 is 0 Å². The van der Waals surface area contributed by atoms with Crippen LogP contribution in [0.1, 0.15) is 47.5 Å². The van der Waals surface area contributed by atoms with Gasteiger partial charge in [0.05, 0.1) is 0 Å². The minimum absolute atomic E-state index is 0.165. The van der Waals surface area contributed by atoms with E-state index in [0.717, 1.165) is 24.0 Å². The Balaban J connectivity index is 4.63. The number of rotatable bonds is 4. The van der Waals surface area contributed by atoms with Crippen molar-refractivity contribution in [3.63, 3.8) is 0 Å². The van der Waals surface area contributed by atoms with Gasteiger partial charge in [0.15, 0.2) is 5.78 Å². The average molecular weight is 180 g/mol. The molecule has 0 saturated carbocycles. The van der Waals surface area contributed by atoms with E-state index in [0.29, 0.717) is 0 Å². The lowest BCUT2D eigenvalue weighted by Gasteiger charge is -2.02. The molecule has 0 amide bonds. The summed E-state index contributed by atoms with van der Waals surface area (Å²) < 4.78 is 0. The molecule has 74 valence electrons. The van der Waals surface area contributed by atoms with Crippen LogP contribution in [0.4, 0.5) is 0 Å². The first kappa shape index (κ1) is 12.2. The van der Waals surface area contributed by atoms with Gasteiger partial charge < -0.3 is 0 Å². The van der Waals surface area contributed by atoms with E-state index in [-0.39, 0.29) is 5.78 Å². The highest BCUT2D eigenvalue weighted by molar-refractivity contribution is 6.04. The molecule has 0 bridgehead atoms. The van der Waals surface area contributed by atoms with Crippen molar-refractivity contribution in [1.29, 1.82) is 0 Å². The molecule has 0 radical (unpaired) electrons. The molecule has 0 aliphatic carbocycles. The van der Waals surface area contributed by atoms with Crippen molar-refractivity contribution in [3.8, 4) is 0 Å². The monoisotopic (exact) mass is 180 g/mol. The minimum atomic E-state index is 0.165. The maximum Gasteiger partial charge on any atom is 0.181 e. The van der Waals surface area contributed by atoms with Crippen LogP contribution in [0.2, 0.25) is 0 Å². The molecule has 0 spiro atoms. The van der Waals surface area contributed by atoms with Gasteiger partial charge in [0.1, 0.15) is 0 Å². The molecule has 13 heavy (non-hydrogen) atoms. The molecule has 1 nitrogen and oxygen atoms in total. The predicted octanol–water partition coefficient (Wildman–Crippen LogP) is 3.66. The Bertz CT molecular complexity index is 244. The molecule has 0 aliphatic rings. The average Bonchev–Trinajstić information content (AvgIpc) is 2.14. The zero-order chi connectivity index (χ0) is 10.4. The van der Waals surface area contributed by atoms with Crippen LogP contribution >= 0.6 is 0 Å². The van der Waals surface area contributed by atoms with Crippen LogP contribution in [-0.4, -0.2) is 5.78 Å². The van der Waals surface area contributed by atoms with Crippen molar-refractivity contribution in [2.45, 2.75) is 47.5 Å². The van der Waals surface area contributed by atoms with Crippen molar-refractivity contribution < 1.29 is 4.79 Å². The summed E-state index contributed by atoms with van der Waals surface area (Å²) in [6.07, 6.45) is 3.65. The lowest BCUT2D eigenvalue weighted by Crippen LogP contribution is -1.98. The van der Waals surface area contributed by atoms with Gasteiger partial charge in [0, 0.05) is 0 Å². The number of allylic oxidation sites excluding steroid dienone is 4. The van der Waals surface area contributed by atoms with Crippen LogP contribution in [0.25, 0.3) is 0 Å². The number of hydrogen-bond donors (Lipinski definition) is 0. The summed E-state index contributed by atoms with van der Waals surface area (Å²) in [4.78, 5) is 11.6. The fourth-order valence-corrected chi connectivity index (χ4v) is 0.910. The van der Waals surface area contributed by atoms with Gasteiger partial charge in [0.25, 0.3) is 0 Å². The fraction of sp³-hybridized carbons (Fsp3) is 0.583. The third-order valence-corrected chi connectivity index (χ3v) is 2.48. The molecule has 0 fully saturated rings. The van der Waals surface area contributed by atoms with E-state index in [1.165, 1.54) is 5.57 Å². The Kier molecular flexibility index (Phi) is 5.36. The van der Waals surface area contributed by atoms with Crippen molar-refractivity contribution in [3.05, 3.63) is 22.8 Å². The van der Waals surface area contributed by atoms with Crippen LogP contribution in [0, 0.1) is 0 Å². The van der Waals surface area contributed by atoms with Crippen molar-refractivity contribution in [2.24, 2.45) is 0 Å². The van der Waals surface area contributed by atoms with E-state index in [9.17, 15) is 4.79 Å². The summed E-state index contributed by atoms with van der Waals surface area (Å²) in [6, 6.07) is 0. The summed E-state index contributed by atoms with van der Waals surface area (Å²) in [5.74, 6) is 0.165. The largest absolute Gasteiger partial charge is 0.290 e. The first-order valence-corrected chi connectivity index (χ1v) is 4.90. The van der Waals surface area contributed by atoms with Crippen LogP contribution in [0.15, 0.2) is 22.8 Å². The van der Waals surface area contributed by atoms with Crippen molar-refractivity contribution >= 4 is 5.78 Å². The SMILES string of the molecule is CCC(C)=CC(=O)C(C)=C(C)CC. The number of ketones is 1. The van der Waals surface area contributed by atoms with E-state index in [4.69, 9.17) is 0 Å². The van der Waals surface area contributed by atoms with Gasteiger partial charge in [-0.2, -0.15) is 0 Å². The molecule has 0 aromatic rings. The summed E-state index contributed by atoms with van der Waals surface area (Å²) in [5.41, 5.74) is 3.23. The Hall–Kier alpha value is -0.850. The maximum absolute atomic E-state index is 11.6. The van der Waals surface area contributed by atoms with Gasteiger partial charge in [-0.05, 0) is 45.3 Å². The highest BCUT2D eigenvalue weighted by Gasteiger charge is 2.03. The molecule has 0 aromatic carbocycles. The standard InChI is InChI=1S/C12H20O/c1-6-9(3)8-12(13)11(5)10(4)7-2/h8H,6-7H2,1-5H3. The van der Waals surface area contributed by atoms with Gasteiger partial charge in [0.2, 0.25) is 0 Å². The summed E-state index contributed by atoms with van der Waals surface area (Å²) >= 11 is 0. The molecule has 0 atom stereocenters. The van der Waals surface area contributed by atoms with Crippen LogP contribution in [0.5, 0.6) is 0 Å². The highest BCUT2D eigenvalue weighted by atomic mass is 16.1. The number of hydrogen-bond acceptors (Lipinski definition) is 1. The smallest absolute Gasteiger partial charge is 0.181 e. The zero-order valence-electron chi connectivity index (χ0n) is 9.40. The number of carbonyl (C=O) groups excluding carboxylic acids is 1. The van der Waals surface area contributed by atoms with Crippen molar-refractivity contribution in [1.82, 2.24) is 0 Å². The third kappa shape index (κ3) is 4.07. The molecule has 0 heterocycles. The lowest BCUT2D eigenvalue weighted by atomic mass is 10.0. The Morgan fingerprint density at radius 3 is 2.00 bits per heavy atom. The van der Waals surface area contributed by atoms with Gasteiger partial charge in [-0.1, -0.05) is 25.0 Å². The second-order valence-electron chi connectivity index (χ2n) is 3.47. The number of carbonyl (C=O) groups is 1. The van der Waals surface area contributed by atoms with Crippen molar-refractivity contribution in [2.75, 3.05) is 0 Å². The van der Waals surface area contributed by atoms with Gasteiger partial charge in [-0.15, -0.1) is 0 Å². The molecule has 0 saturated heterocycles. The molecule has 1 heteroatoms. The van der Waals surface area contributed by atoms with E-state index in [1.807, 2.05) is 20.8 Å². The van der Waals surface area contributed by atoms with Gasteiger partial charge in [-0.25, -0.2) is 0 Å². The van der Waals surface area contributed by atoms with E-state index in [2.05, 4.69) is 13.8 Å². The van der Waals surface area contributed by atoms with E-state index < -0.39 is 0 Å². The second kappa shape index (κ2) is 5.74. The van der Waals surface area contributed by atoms with E-state index in [1.54, 1.807) is 6.08 Å². The Morgan fingerprint density at radius 2 is 1.62 bits per heavy atom. The van der Waals surface area contributed by atoms with Crippen LogP contribution in [-0.2, 0) is 4.79 Å². The molecule has 0 aromatic heterocycles. The Labute approximate surface area is 81.5 Å². The third-order valence-electron chi connectivity index (χ3n) is 2.48. The van der Waals surface area contributed by atoms with E-state index >= 15 is 0 Å². The first-order valence-electron chi connectivity index (χ1n) is 4.90. The molecule has 0 N–H and O–H groups in total. The fourth-order valence-electron chi connectivity index (χ4n) is 0.910. The topological polar surface area (TPSA) is 17.1 Å². The minimum Gasteiger partial charge on any atom is -0.290 e. The Morgan fingerprint density at radius 1 is 1.08 bits per heavy atom. The molecule has 0 unspecified atom stereocenters. The summed E-state index contributed by atoms with van der Waals surface area (Å²) in [6.45, 7) is 10.0. The zero-order valence-corrected chi connectivity index (χ0v) is 9.40. The van der Waals surface area contributed by atoms with Crippen LogP contribution in [0.3, 0.4) is 0 Å². The normalized spacial score (nSPS) is 14.1. The van der Waals surface area contributed by atoms with Gasteiger partial charge in [-0.3, -0.25) is 4.79 Å². The molecule has 0 aliphatic heterocycles. The molecule has 0 rings (SSSR count). The summed E-state index contributed by atoms with van der Waals surface area (Å²) in [5, 5.41) is 0. The predicted molar refractivity (Wildman–Crippen MR) is 57.7 cm³/mol. The first-order chi connectivity index (χ1) is 6.02. The summed E-state index contributed by atoms with van der Waals surface area (Å²) in [7, 11) is 0. The quantitative estimate of drug-likeness (QED) is 0.603. The molecular formula is C12H20O.